The highest BCUT2D eigenvalue weighted by Gasteiger charge is 2.09. The van der Waals surface area contributed by atoms with Gasteiger partial charge in [-0.05, 0) is 44.3 Å². The fraction of sp³-hybridized carbons (Fsp3) is 0.500. The fourth-order valence-electron chi connectivity index (χ4n) is 2.16. The van der Waals surface area contributed by atoms with Crippen LogP contribution in [-0.2, 0) is 6.42 Å². The SMILES string of the molecule is [CH]1CCCCN1CCCc1ccccc1. The predicted octanol–water partition coefficient (Wildman–Crippen LogP) is 3.27. The molecule has 0 bridgehead atoms. The smallest absolute Gasteiger partial charge is 0.0251 e. The molecule has 0 N–H and O–H groups in total. The second-order valence-electron chi connectivity index (χ2n) is 4.30. The summed E-state index contributed by atoms with van der Waals surface area (Å²) in [5.41, 5.74) is 1.47. The molecule has 0 aliphatic carbocycles. The van der Waals surface area contributed by atoms with E-state index in [0.29, 0.717) is 0 Å². The Bertz CT molecular complexity index is 262. The van der Waals surface area contributed by atoms with E-state index in [4.69, 9.17) is 0 Å². The minimum atomic E-state index is 1.21. The van der Waals surface area contributed by atoms with E-state index in [-0.39, 0.29) is 0 Å². The van der Waals surface area contributed by atoms with Crippen LogP contribution in [0.1, 0.15) is 31.2 Å². The highest BCUT2D eigenvalue weighted by atomic mass is 15.1. The van der Waals surface area contributed by atoms with E-state index in [1.54, 1.807) is 0 Å². The third-order valence-electron chi connectivity index (χ3n) is 3.04. The van der Waals surface area contributed by atoms with Gasteiger partial charge in [0.05, 0.1) is 0 Å². The van der Waals surface area contributed by atoms with Crippen LogP contribution in [0.25, 0.3) is 0 Å². The second-order valence-corrected chi connectivity index (χ2v) is 4.30. The molecule has 0 saturated carbocycles. The summed E-state index contributed by atoms with van der Waals surface area (Å²) in [7, 11) is 0. The molecule has 1 aromatic carbocycles. The third kappa shape index (κ3) is 3.67. The summed E-state index contributed by atoms with van der Waals surface area (Å²) in [6.07, 6.45) is 6.54. The first-order valence-electron chi connectivity index (χ1n) is 6.06. The second kappa shape index (κ2) is 5.92. The topological polar surface area (TPSA) is 3.24 Å². The van der Waals surface area contributed by atoms with Gasteiger partial charge >= 0.3 is 0 Å². The minimum Gasteiger partial charge on any atom is -0.299 e. The van der Waals surface area contributed by atoms with E-state index in [0.717, 1.165) is 0 Å². The quantitative estimate of drug-likeness (QED) is 0.724. The van der Waals surface area contributed by atoms with E-state index in [9.17, 15) is 0 Å². The van der Waals surface area contributed by atoms with Crippen molar-refractivity contribution in [1.82, 2.24) is 4.90 Å². The van der Waals surface area contributed by atoms with Crippen LogP contribution in [0.15, 0.2) is 30.3 Å². The van der Waals surface area contributed by atoms with Crippen molar-refractivity contribution < 1.29 is 0 Å². The number of piperidine rings is 1. The number of aryl methyl sites for hydroxylation is 1. The molecule has 1 nitrogen and oxygen atoms in total. The van der Waals surface area contributed by atoms with Crippen LogP contribution in [0.5, 0.6) is 0 Å². The molecule has 1 saturated heterocycles. The summed E-state index contributed by atoms with van der Waals surface area (Å²) in [4.78, 5) is 2.49. The van der Waals surface area contributed by atoms with Crippen molar-refractivity contribution in [3.05, 3.63) is 42.4 Å². The average molecular weight is 202 g/mol. The largest absolute Gasteiger partial charge is 0.299 e. The van der Waals surface area contributed by atoms with Crippen LogP contribution in [0.3, 0.4) is 0 Å². The molecule has 1 fully saturated rings. The number of benzene rings is 1. The van der Waals surface area contributed by atoms with Crippen molar-refractivity contribution >= 4 is 0 Å². The van der Waals surface area contributed by atoms with Gasteiger partial charge in [0.25, 0.3) is 0 Å². The van der Waals surface area contributed by atoms with Gasteiger partial charge in [0, 0.05) is 6.54 Å². The van der Waals surface area contributed by atoms with Crippen molar-refractivity contribution in [3.8, 4) is 0 Å². The zero-order valence-corrected chi connectivity index (χ0v) is 9.36. The maximum absolute atomic E-state index is 2.49. The number of nitrogens with zero attached hydrogens (tertiary/aromatic N) is 1. The molecule has 0 aromatic heterocycles. The van der Waals surface area contributed by atoms with E-state index in [2.05, 4.69) is 41.8 Å². The van der Waals surface area contributed by atoms with Gasteiger partial charge in [-0.2, -0.15) is 0 Å². The van der Waals surface area contributed by atoms with Crippen LogP contribution in [0.2, 0.25) is 0 Å². The van der Waals surface area contributed by atoms with E-state index < -0.39 is 0 Å². The average Bonchev–Trinajstić information content (AvgIpc) is 2.32. The maximum Gasteiger partial charge on any atom is 0.0251 e. The lowest BCUT2D eigenvalue weighted by atomic mass is 10.1. The summed E-state index contributed by atoms with van der Waals surface area (Å²) >= 11 is 0. The van der Waals surface area contributed by atoms with Crippen LogP contribution in [0.4, 0.5) is 0 Å². The van der Waals surface area contributed by atoms with Crippen LogP contribution >= 0.6 is 0 Å². The normalized spacial score (nSPS) is 17.9. The van der Waals surface area contributed by atoms with Crippen LogP contribution in [0, 0.1) is 6.54 Å². The number of hydrogen-bond donors (Lipinski definition) is 0. The van der Waals surface area contributed by atoms with Crippen molar-refractivity contribution in [2.75, 3.05) is 13.1 Å². The lowest BCUT2D eigenvalue weighted by molar-refractivity contribution is 0.278. The van der Waals surface area contributed by atoms with Crippen molar-refractivity contribution in [2.24, 2.45) is 0 Å². The highest BCUT2D eigenvalue weighted by molar-refractivity contribution is 5.14. The molecule has 1 aliphatic heterocycles. The molecule has 2 rings (SSSR count). The molecule has 1 aromatic rings. The van der Waals surface area contributed by atoms with Gasteiger partial charge in [0.2, 0.25) is 0 Å². The highest BCUT2D eigenvalue weighted by Crippen LogP contribution is 2.13. The molecule has 1 heterocycles. The van der Waals surface area contributed by atoms with Gasteiger partial charge < -0.3 is 0 Å². The summed E-state index contributed by atoms with van der Waals surface area (Å²) in [5, 5.41) is 0. The minimum absolute atomic E-state index is 1.21. The molecule has 1 radical (unpaired) electrons. The molecular weight excluding hydrogens is 182 g/mol. The Kier molecular flexibility index (Phi) is 4.22. The molecule has 0 atom stereocenters. The molecule has 0 unspecified atom stereocenters. The standard InChI is InChI=1S/C14H20N/c1-3-8-14(9-4-1)10-7-13-15-11-5-2-6-12-15/h1,3-4,8-9,11H,2,5-7,10,12-13H2. The zero-order valence-electron chi connectivity index (χ0n) is 9.36. The van der Waals surface area contributed by atoms with Gasteiger partial charge in [-0.25, -0.2) is 0 Å². The molecule has 15 heavy (non-hydrogen) atoms. The number of hydrogen-bond acceptors (Lipinski definition) is 1. The first kappa shape index (κ1) is 10.7. The Hall–Kier alpha value is -0.820. The summed E-state index contributed by atoms with van der Waals surface area (Å²) in [6, 6.07) is 10.8. The Labute approximate surface area is 93.1 Å². The lowest BCUT2D eigenvalue weighted by Gasteiger charge is -2.25. The molecule has 81 valence electrons. The zero-order chi connectivity index (χ0) is 10.3. The van der Waals surface area contributed by atoms with E-state index >= 15 is 0 Å². The van der Waals surface area contributed by atoms with E-state index in [1.165, 1.54) is 50.8 Å². The monoisotopic (exact) mass is 202 g/mol. The summed E-state index contributed by atoms with van der Waals surface area (Å²) < 4.78 is 0. The Balaban J connectivity index is 1.66. The van der Waals surface area contributed by atoms with Gasteiger partial charge in [-0.15, -0.1) is 0 Å². The van der Waals surface area contributed by atoms with Crippen molar-refractivity contribution in [2.45, 2.75) is 32.1 Å². The lowest BCUT2D eigenvalue weighted by Crippen LogP contribution is -2.26. The molecule has 1 heteroatoms. The number of likely N-dealkylation sites (tertiary alicyclic amines) is 1. The Morgan fingerprint density at radius 3 is 2.67 bits per heavy atom. The van der Waals surface area contributed by atoms with Gasteiger partial charge in [0.1, 0.15) is 0 Å². The van der Waals surface area contributed by atoms with Gasteiger partial charge in [-0.1, -0.05) is 36.8 Å². The molecular formula is C14H20N. The predicted molar refractivity (Wildman–Crippen MR) is 64.5 cm³/mol. The third-order valence-corrected chi connectivity index (χ3v) is 3.04. The molecule has 0 amide bonds. The van der Waals surface area contributed by atoms with Gasteiger partial charge in [-0.3, -0.25) is 4.90 Å². The van der Waals surface area contributed by atoms with E-state index in [1.807, 2.05) is 0 Å². The number of rotatable bonds is 4. The first-order chi connectivity index (χ1) is 7.45. The Morgan fingerprint density at radius 1 is 1.07 bits per heavy atom. The van der Waals surface area contributed by atoms with Crippen molar-refractivity contribution in [1.29, 1.82) is 0 Å². The molecule has 1 aliphatic rings. The summed E-state index contributed by atoms with van der Waals surface area (Å²) in [6.45, 7) is 4.89. The van der Waals surface area contributed by atoms with Gasteiger partial charge in [0.15, 0.2) is 0 Å². The van der Waals surface area contributed by atoms with Crippen molar-refractivity contribution in [3.63, 3.8) is 0 Å². The summed E-state index contributed by atoms with van der Waals surface area (Å²) in [5.74, 6) is 0. The Morgan fingerprint density at radius 2 is 1.93 bits per heavy atom. The first-order valence-corrected chi connectivity index (χ1v) is 6.06. The molecule has 0 spiro atoms. The fourth-order valence-corrected chi connectivity index (χ4v) is 2.16. The maximum atomic E-state index is 2.49. The van der Waals surface area contributed by atoms with Crippen LogP contribution in [-0.4, -0.2) is 18.0 Å². The van der Waals surface area contributed by atoms with Crippen LogP contribution < -0.4 is 0 Å².